The van der Waals surface area contributed by atoms with Gasteiger partial charge in [0.2, 0.25) is 0 Å². The summed E-state index contributed by atoms with van der Waals surface area (Å²) in [4.78, 5) is 5.54. The van der Waals surface area contributed by atoms with Crippen molar-refractivity contribution in [1.82, 2.24) is 4.57 Å². The van der Waals surface area contributed by atoms with Gasteiger partial charge in [-0.2, -0.15) is 0 Å². The Balaban J connectivity index is 1.18. The lowest BCUT2D eigenvalue weighted by molar-refractivity contribution is 0.794. The van der Waals surface area contributed by atoms with Gasteiger partial charge in [0, 0.05) is 36.6 Å². The van der Waals surface area contributed by atoms with E-state index in [0.29, 0.717) is 0 Å². The smallest absolute Gasteiger partial charge is 0.0779 e. The van der Waals surface area contributed by atoms with Gasteiger partial charge >= 0.3 is 0 Å². The van der Waals surface area contributed by atoms with E-state index in [0.717, 1.165) is 22.6 Å². The molecule has 48 heavy (non-hydrogen) atoms. The molecule has 2 nitrogen and oxygen atoms in total. The lowest BCUT2D eigenvalue weighted by Gasteiger charge is -2.29. The monoisotopic (exact) mass is 630 g/mol. The molecular formula is C45H30N2S. The van der Waals surface area contributed by atoms with Crippen LogP contribution in [-0.2, 0) is 5.41 Å². The summed E-state index contributed by atoms with van der Waals surface area (Å²) in [6, 6.07) is 59.4. The van der Waals surface area contributed by atoms with E-state index in [2.05, 4.69) is 175 Å². The van der Waals surface area contributed by atoms with Crippen molar-refractivity contribution < 1.29 is 0 Å². The number of para-hydroxylation sites is 1. The summed E-state index contributed by atoms with van der Waals surface area (Å²) in [5.41, 5.74) is 11.4. The number of fused-ring (bicyclic) bond motifs is 8. The fourth-order valence-corrected chi connectivity index (χ4v) is 9.21. The molecule has 1 unspecified atom stereocenters. The van der Waals surface area contributed by atoms with E-state index in [4.69, 9.17) is 4.99 Å². The quantitative estimate of drug-likeness (QED) is 0.184. The zero-order chi connectivity index (χ0) is 31.8. The Labute approximate surface area is 282 Å². The van der Waals surface area contributed by atoms with E-state index in [1.165, 1.54) is 64.2 Å². The van der Waals surface area contributed by atoms with E-state index < -0.39 is 0 Å². The fourth-order valence-electron chi connectivity index (χ4n) is 7.97. The van der Waals surface area contributed by atoms with Crippen LogP contribution >= 0.6 is 11.3 Å². The van der Waals surface area contributed by atoms with Crippen molar-refractivity contribution in [2.24, 2.45) is 4.99 Å². The van der Waals surface area contributed by atoms with Crippen molar-refractivity contribution in [2.45, 2.75) is 12.3 Å². The highest BCUT2D eigenvalue weighted by Gasteiger charge is 2.42. The van der Waals surface area contributed by atoms with Gasteiger partial charge in [-0.15, -0.1) is 11.3 Å². The minimum absolute atomic E-state index is 0.384. The maximum atomic E-state index is 5.54. The summed E-state index contributed by atoms with van der Waals surface area (Å²) in [5, 5.41) is 5.08. The third-order valence-corrected chi connectivity index (χ3v) is 11.5. The van der Waals surface area contributed by atoms with Crippen LogP contribution in [-0.4, -0.2) is 10.3 Å². The van der Waals surface area contributed by atoms with Gasteiger partial charge in [-0.3, -0.25) is 4.99 Å². The van der Waals surface area contributed by atoms with E-state index in [1.54, 1.807) is 0 Å². The zero-order valence-electron chi connectivity index (χ0n) is 26.4. The molecule has 1 aliphatic rings. The van der Waals surface area contributed by atoms with Gasteiger partial charge in [-0.25, -0.2) is 0 Å². The van der Waals surface area contributed by atoms with Crippen LogP contribution in [0.5, 0.6) is 0 Å². The van der Waals surface area contributed by atoms with E-state index >= 15 is 0 Å². The molecule has 0 fully saturated rings. The Hall–Kier alpha value is -5.77. The van der Waals surface area contributed by atoms with E-state index in [-0.39, 0.29) is 5.41 Å². The highest BCUT2D eigenvalue weighted by molar-refractivity contribution is 7.26. The van der Waals surface area contributed by atoms with Gasteiger partial charge in [0.25, 0.3) is 0 Å². The first-order valence-corrected chi connectivity index (χ1v) is 17.3. The molecule has 0 saturated carbocycles. The molecule has 7 aromatic carbocycles. The summed E-state index contributed by atoms with van der Waals surface area (Å²) >= 11 is 1.88. The molecule has 0 saturated heterocycles. The third kappa shape index (κ3) is 3.82. The summed E-state index contributed by atoms with van der Waals surface area (Å²) < 4.78 is 5.08. The summed E-state index contributed by atoms with van der Waals surface area (Å²) in [6.07, 6.45) is 0. The molecule has 9 aromatic rings. The first-order chi connectivity index (χ1) is 23.7. The zero-order valence-corrected chi connectivity index (χ0v) is 27.2. The van der Waals surface area contributed by atoms with Crippen LogP contribution in [0.3, 0.4) is 0 Å². The van der Waals surface area contributed by atoms with Crippen molar-refractivity contribution in [3.05, 3.63) is 180 Å². The molecule has 0 amide bonds. The second-order valence-electron chi connectivity index (χ2n) is 12.9. The second-order valence-corrected chi connectivity index (χ2v) is 13.9. The minimum atomic E-state index is -0.384. The molecule has 0 spiro atoms. The number of nitrogens with zero attached hydrogens (tertiary/aromatic N) is 2. The van der Waals surface area contributed by atoms with Crippen molar-refractivity contribution in [3.63, 3.8) is 0 Å². The van der Waals surface area contributed by atoms with Crippen molar-refractivity contribution in [1.29, 1.82) is 0 Å². The Kier molecular flexibility index (Phi) is 5.91. The van der Waals surface area contributed by atoms with Gasteiger partial charge in [-0.05, 0) is 65.1 Å². The van der Waals surface area contributed by atoms with Gasteiger partial charge in [-0.1, -0.05) is 133 Å². The normalized spacial score (nSPS) is 15.8. The van der Waals surface area contributed by atoms with Crippen LogP contribution in [0.25, 0.3) is 58.8 Å². The molecule has 0 bridgehead atoms. The number of aliphatic imine (C=N–C) groups is 1. The Morgan fingerprint density at radius 1 is 0.542 bits per heavy atom. The minimum Gasteiger partial charge on any atom is -0.309 e. The molecule has 1 atom stereocenters. The van der Waals surface area contributed by atoms with E-state index in [1.807, 2.05) is 11.3 Å². The Morgan fingerprint density at radius 3 is 2.04 bits per heavy atom. The molecule has 0 aliphatic carbocycles. The number of hydrogen-bond acceptors (Lipinski definition) is 2. The van der Waals surface area contributed by atoms with E-state index in [9.17, 15) is 0 Å². The largest absolute Gasteiger partial charge is 0.309 e. The first-order valence-electron chi connectivity index (χ1n) is 16.5. The van der Waals surface area contributed by atoms with Crippen molar-refractivity contribution >= 4 is 64.7 Å². The van der Waals surface area contributed by atoms with Gasteiger partial charge in [0.1, 0.15) is 0 Å². The molecule has 3 heterocycles. The van der Waals surface area contributed by atoms with Crippen LogP contribution in [0, 0.1) is 0 Å². The molecular weight excluding hydrogens is 601 g/mol. The molecule has 3 heteroatoms. The summed E-state index contributed by atoms with van der Waals surface area (Å²) in [5.74, 6) is 0. The summed E-state index contributed by atoms with van der Waals surface area (Å²) in [7, 11) is 0. The highest BCUT2D eigenvalue weighted by atomic mass is 32.1. The lowest BCUT2D eigenvalue weighted by atomic mass is 9.71. The molecule has 2 aromatic heterocycles. The number of benzene rings is 7. The maximum absolute atomic E-state index is 5.54. The number of rotatable bonds is 4. The lowest BCUT2D eigenvalue weighted by Crippen LogP contribution is -2.31. The van der Waals surface area contributed by atoms with Crippen LogP contribution in [0.4, 0.5) is 5.69 Å². The van der Waals surface area contributed by atoms with Crippen LogP contribution in [0.2, 0.25) is 0 Å². The first kappa shape index (κ1) is 27.4. The average molecular weight is 631 g/mol. The molecule has 0 radical (unpaired) electrons. The summed E-state index contributed by atoms with van der Waals surface area (Å²) in [6.45, 7) is 2.33. The average Bonchev–Trinajstić information content (AvgIpc) is 3.80. The second kappa shape index (κ2) is 10.4. The molecule has 1 aliphatic heterocycles. The SMILES string of the molecule is CC1(c2ccccc2)C(c2ccccc2)=Nc2c1ccc1c2c2ccccc2n1-c1ccc(-c2cccc3c2sc2ccccc23)cc1. The van der Waals surface area contributed by atoms with Gasteiger partial charge in [0.15, 0.2) is 0 Å². The predicted molar refractivity (Wildman–Crippen MR) is 205 cm³/mol. The predicted octanol–water partition coefficient (Wildman–Crippen LogP) is 12.3. The third-order valence-electron chi connectivity index (χ3n) is 10.3. The Morgan fingerprint density at radius 2 is 1.23 bits per heavy atom. The van der Waals surface area contributed by atoms with Gasteiger partial charge in [0.05, 0.1) is 27.8 Å². The van der Waals surface area contributed by atoms with Crippen molar-refractivity contribution in [2.75, 3.05) is 0 Å². The fraction of sp³-hybridized carbons (Fsp3) is 0.0444. The van der Waals surface area contributed by atoms with Crippen LogP contribution in [0.1, 0.15) is 23.6 Å². The molecule has 10 rings (SSSR count). The standard InChI is InChI=1S/C45H30N2S/c1-45(31-15-6-3-7-16-31)37-27-28-39-41(42(37)46-44(45)30-13-4-2-5-14-30)36-18-8-10-21-38(36)47(39)32-25-23-29(24-26-32)33-19-12-20-35-34-17-9-11-22-40(34)48-43(33)35/h2-28H,1H3. The van der Waals surface area contributed by atoms with Crippen LogP contribution in [0.15, 0.2) is 169 Å². The van der Waals surface area contributed by atoms with Crippen LogP contribution < -0.4 is 0 Å². The maximum Gasteiger partial charge on any atom is 0.0779 e. The van der Waals surface area contributed by atoms with Gasteiger partial charge < -0.3 is 4.57 Å². The van der Waals surface area contributed by atoms with Crippen molar-refractivity contribution in [3.8, 4) is 16.8 Å². The number of aromatic nitrogens is 1. The molecule has 226 valence electrons. The number of thiophene rings is 1. The highest BCUT2D eigenvalue weighted by Crippen LogP contribution is 2.51. The Bertz CT molecular complexity index is 2720. The topological polar surface area (TPSA) is 17.3 Å². The number of hydrogen-bond donors (Lipinski definition) is 0. The molecule has 0 N–H and O–H groups in total.